The van der Waals surface area contributed by atoms with Gasteiger partial charge in [-0.1, -0.05) is 12.1 Å². The predicted octanol–water partition coefficient (Wildman–Crippen LogP) is 3.20. The van der Waals surface area contributed by atoms with Crippen molar-refractivity contribution in [1.29, 1.82) is 0 Å². The van der Waals surface area contributed by atoms with Crippen LogP contribution < -0.4 is 14.7 Å². The zero-order valence-corrected chi connectivity index (χ0v) is 16.3. The van der Waals surface area contributed by atoms with Crippen LogP contribution in [-0.4, -0.2) is 54.5 Å². The van der Waals surface area contributed by atoms with Crippen LogP contribution in [0.5, 0.6) is 0 Å². The Balaban J connectivity index is 1.49. The average Bonchev–Trinajstić information content (AvgIpc) is 3.45. The van der Waals surface area contributed by atoms with Crippen LogP contribution in [0.15, 0.2) is 35.0 Å². The van der Waals surface area contributed by atoms with E-state index < -0.39 is 4.92 Å². The van der Waals surface area contributed by atoms with Crippen LogP contribution >= 0.6 is 0 Å². The number of para-hydroxylation sites is 1. The van der Waals surface area contributed by atoms with Gasteiger partial charge in [0, 0.05) is 39.3 Å². The SMILES string of the molecule is O=[N+]([O-])c1c(N2CCCC2)cc(N2CCN(c3ccccc3F)CC2)c2nonc12. The predicted molar refractivity (Wildman–Crippen MR) is 111 cm³/mol. The minimum Gasteiger partial charge on any atom is -0.366 e. The summed E-state index contributed by atoms with van der Waals surface area (Å²) in [5, 5.41) is 19.7. The lowest BCUT2D eigenvalue weighted by Gasteiger charge is -2.37. The Kier molecular flexibility index (Phi) is 4.61. The monoisotopic (exact) mass is 412 g/mol. The van der Waals surface area contributed by atoms with E-state index in [1.54, 1.807) is 12.1 Å². The van der Waals surface area contributed by atoms with Gasteiger partial charge in [-0.2, -0.15) is 0 Å². The summed E-state index contributed by atoms with van der Waals surface area (Å²) in [7, 11) is 0. The van der Waals surface area contributed by atoms with Gasteiger partial charge in [0.2, 0.25) is 5.52 Å². The van der Waals surface area contributed by atoms with Gasteiger partial charge in [-0.25, -0.2) is 9.02 Å². The second-order valence-corrected chi connectivity index (χ2v) is 7.60. The summed E-state index contributed by atoms with van der Waals surface area (Å²) in [6, 6.07) is 8.59. The summed E-state index contributed by atoms with van der Waals surface area (Å²) in [5.41, 5.74) is 2.44. The van der Waals surface area contributed by atoms with Gasteiger partial charge in [0.15, 0.2) is 5.52 Å². The molecule has 0 unspecified atom stereocenters. The highest BCUT2D eigenvalue weighted by molar-refractivity contribution is 6.00. The van der Waals surface area contributed by atoms with E-state index in [0.29, 0.717) is 43.1 Å². The maximum absolute atomic E-state index is 14.2. The fourth-order valence-electron chi connectivity index (χ4n) is 4.42. The Labute approximate surface area is 171 Å². The Morgan fingerprint density at radius 3 is 2.13 bits per heavy atom. The van der Waals surface area contributed by atoms with Crippen LogP contribution in [0.4, 0.5) is 27.1 Å². The largest absolute Gasteiger partial charge is 0.366 e. The molecule has 2 aliphatic heterocycles. The molecule has 3 aromatic rings. The smallest absolute Gasteiger partial charge is 0.323 e. The first-order valence-electron chi connectivity index (χ1n) is 10.1. The molecule has 1 aromatic heterocycles. The fraction of sp³-hybridized carbons (Fsp3) is 0.400. The topological polar surface area (TPSA) is 91.8 Å². The zero-order valence-electron chi connectivity index (χ0n) is 16.3. The molecule has 2 aromatic carbocycles. The van der Waals surface area contributed by atoms with E-state index in [1.807, 2.05) is 21.9 Å². The molecule has 0 N–H and O–H groups in total. The molecular weight excluding hydrogens is 391 g/mol. The summed E-state index contributed by atoms with van der Waals surface area (Å²) in [6.07, 6.45) is 2.01. The summed E-state index contributed by atoms with van der Waals surface area (Å²) >= 11 is 0. The van der Waals surface area contributed by atoms with Crippen LogP contribution in [0.3, 0.4) is 0 Å². The maximum atomic E-state index is 14.2. The quantitative estimate of drug-likeness (QED) is 0.477. The number of fused-ring (bicyclic) bond motifs is 1. The van der Waals surface area contributed by atoms with Crippen LogP contribution in [0.25, 0.3) is 11.0 Å². The second-order valence-electron chi connectivity index (χ2n) is 7.60. The average molecular weight is 412 g/mol. The Morgan fingerprint density at radius 1 is 0.867 bits per heavy atom. The lowest BCUT2D eigenvalue weighted by molar-refractivity contribution is -0.382. The van der Waals surface area contributed by atoms with Crippen molar-refractivity contribution in [1.82, 2.24) is 10.3 Å². The minimum atomic E-state index is -0.403. The molecule has 2 aliphatic rings. The van der Waals surface area contributed by atoms with Gasteiger partial charge >= 0.3 is 5.69 Å². The van der Waals surface area contributed by atoms with E-state index in [-0.39, 0.29) is 17.0 Å². The van der Waals surface area contributed by atoms with Crippen LogP contribution in [-0.2, 0) is 0 Å². The van der Waals surface area contributed by atoms with Gasteiger partial charge in [0.25, 0.3) is 0 Å². The maximum Gasteiger partial charge on any atom is 0.323 e. The standard InChI is InChI=1S/C20H21FN6O3/c21-14-5-1-2-6-15(14)25-9-11-26(12-10-25)16-13-17(24-7-3-4-8-24)20(27(28)29)19-18(16)22-30-23-19/h1-2,5-6,13H,3-4,7-12H2. The molecule has 10 heteroatoms. The molecule has 0 atom stereocenters. The Hall–Kier alpha value is -3.43. The second kappa shape index (κ2) is 7.43. The number of nitrogens with zero attached hydrogens (tertiary/aromatic N) is 6. The summed E-state index contributed by atoms with van der Waals surface area (Å²) in [6.45, 7) is 4.07. The molecule has 3 heterocycles. The van der Waals surface area contributed by atoms with E-state index in [0.717, 1.165) is 31.6 Å². The van der Waals surface area contributed by atoms with Gasteiger partial charge in [0.1, 0.15) is 11.5 Å². The molecule has 5 rings (SSSR count). The molecule has 0 spiro atoms. The lowest BCUT2D eigenvalue weighted by Crippen LogP contribution is -2.47. The molecule has 2 saturated heterocycles. The Morgan fingerprint density at radius 2 is 1.47 bits per heavy atom. The summed E-state index contributed by atoms with van der Waals surface area (Å²) in [4.78, 5) is 17.6. The number of rotatable bonds is 4. The van der Waals surface area contributed by atoms with Crippen LogP contribution in [0.2, 0.25) is 0 Å². The molecular formula is C20H21FN6O3. The molecule has 0 radical (unpaired) electrons. The molecule has 0 amide bonds. The van der Waals surface area contributed by atoms with Gasteiger partial charge in [-0.05, 0) is 41.4 Å². The molecule has 2 fully saturated rings. The highest BCUT2D eigenvalue weighted by Crippen LogP contribution is 2.41. The number of benzene rings is 2. The lowest BCUT2D eigenvalue weighted by atomic mass is 10.1. The fourth-order valence-corrected chi connectivity index (χ4v) is 4.42. The summed E-state index contributed by atoms with van der Waals surface area (Å²) in [5.74, 6) is -0.235. The van der Waals surface area contributed by atoms with Crippen molar-refractivity contribution >= 4 is 33.8 Å². The van der Waals surface area contributed by atoms with Crippen molar-refractivity contribution in [3.8, 4) is 0 Å². The number of hydrogen-bond donors (Lipinski definition) is 0. The third kappa shape index (κ3) is 3.08. The Bertz CT molecular complexity index is 1090. The highest BCUT2D eigenvalue weighted by atomic mass is 19.1. The first kappa shape index (κ1) is 18.6. The third-order valence-corrected chi connectivity index (χ3v) is 5.91. The van der Waals surface area contributed by atoms with E-state index >= 15 is 0 Å². The number of piperazine rings is 1. The molecule has 0 bridgehead atoms. The van der Waals surface area contributed by atoms with Crippen molar-refractivity contribution in [2.24, 2.45) is 0 Å². The van der Waals surface area contributed by atoms with Gasteiger partial charge < -0.3 is 14.7 Å². The number of anilines is 3. The van der Waals surface area contributed by atoms with Gasteiger partial charge in [-0.15, -0.1) is 0 Å². The summed E-state index contributed by atoms with van der Waals surface area (Å²) < 4.78 is 19.1. The van der Waals surface area contributed by atoms with E-state index in [9.17, 15) is 14.5 Å². The van der Waals surface area contributed by atoms with Gasteiger partial charge in [0.05, 0.1) is 16.3 Å². The minimum absolute atomic E-state index is 0.0538. The van der Waals surface area contributed by atoms with Crippen molar-refractivity contribution in [2.75, 3.05) is 54.0 Å². The first-order valence-corrected chi connectivity index (χ1v) is 10.1. The number of nitro benzene ring substituents is 1. The molecule has 30 heavy (non-hydrogen) atoms. The van der Waals surface area contributed by atoms with Gasteiger partial charge in [-0.3, -0.25) is 10.1 Å². The van der Waals surface area contributed by atoms with E-state index in [4.69, 9.17) is 4.63 Å². The highest BCUT2D eigenvalue weighted by Gasteiger charge is 2.32. The van der Waals surface area contributed by atoms with Crippen LogP contribution in [0.1, 0.15) is 12.8 Å². The van der Waals surface area contributed by atoms with Crippen molar-refractivity contribution < 1.29 is 13.9 Å². The molecule has 0 saturated carbocycles. The molecule has 156 valence electrons. The van der Waals surface area contributed by atoms with Crippen molar-refractivity contribution in [2.45, 2.75) is 12.8 Å². The van der Waals surface area contributed by atoms with E-state index in [2.05, 4.69) is 15.2 Å². The van der Waals surface area contributed by atoms with Crippen molar-refractivity contribution in [3.63, 3.8) is 0 Å². The van der Waals surface area contributed by atoms with E-state index in [1.165, 1.54) is 6.07 Å². The number of halogens is 1. The molecule has 9 nitrogen and oxygen atoms in total. The first-order chi connectivity index (χ1) is 14.6. The number of hydrogen-bond acceptors (Lipinski definition) is 8. The number of nitro groups is 1. The van der Waals surface area contributed by atoms with Crippen molar-refractivity contribution in [3.05, 3.63) is 46.3 Å². The zero-order chi connectivity index (χ0) is 20.7. The number of aromatic nitrogens is 2. The van der Waals surface area contributed by atoms with Crippen LogP contribution in [0, 0.1) is 15.9 Å². The normalized spacial score (nSPS) is 17.2. The molecule has 0 aliphatic carbocycles. The third-order valence-electron chi connectivity index (χ3n) is 5.91.